The lowest BCUT2D eigenvalue weighted by Gasteiger charge is -2.42. The van der Waals surface area contributed by atoms with E-state index in [2.05, 4.69) is 58.5 Å². The Kier molecular flexibility index (Phi) is 12.5. The molecular formula is C35H45F3N4O4. The highest BCUT2D eigenvalue weighted by Gasteiger charge is 2.40. The quantitative estimate of drug-likeness (QED) is 0.304. The van der Waals surface area contributed by atoms with Crippen molar-refractivity contribution in [3.8, 4) is 0 Å². The fourth-order valence-corrected chi connectivity index (χ4v) is 6.57. The molecule has 3 aromatic rings. The smallest absolute Gasteiger partial charge is 0.379 e. The van der Waals surface area contributed by atoms with Gasteiger partial charge in [-0.25, -0.2) is 4.79 Å². The van der Waals surface area contributed by atoms with Gasteiger partial charge in [0.15, 0.2) is 0 Å². The topological polar surface area (TPSA) is 95.0 Å². The Morgan fingerprint density at radius 1 is 1.07 bits per heavy atom. The number of carbonyl (C=O) groups is 2. The summed E-state index contributed by atoms with van der Waals surface area (Å²) in [6.07, 6.45) is 8.11. The molecule has 1 atom stereocenters. The summed E-state index contributed by atoms with van der Waals surface area (Å²) in [6, 6.07) is 14.1. The second-order valence-corrected chi connectivity index (χ2v) is 12.8. The molecule has 1 saturated carbocycles. The first kappa shape index (κ1) is 35.3. The summed E-state index contributed by atoms with van der Waals surface area (Å²) in [4.78, 5) is 34.7. The van der Waals surface area contributed by atoms with Gasteiger partial charge in [-0.15, -0.1) is 0 Å². The van der Waals surface area contributed by atoms with Crippen molar-refractivity contribution in [1.82, 2.24) is 20.1 Å². The number of carboxylic acid groups (broad SMARTS) is 1. The molecule has 250 valence electrons. The number of amides is 1. The van der Waals surface area contributed by atoms with E-state index in [9.17, 15) is 27.9 Å². The Balaban J connectivity index is 0.00000113. The summed E-state index contributed by atoms with van der Waals surface area (Å²) in [5.74, 6) is -1.16. The first-order valence-electron chi connectivity index (χ1n) is 15.8. The molecule has 2 heterocycles. The Bertz CT molecular complexity index is 1450. The predicted molar refractivity (Wildman–Crippen MR) is 172 cm³/mol. The zero-order valence-corrected chi connectivity index (χ0v) is 26.9. The van der Waals surface area contributed by atoms with Gasteiger partial charge in [-0.2, -0.15) is 13.2 Å². The minimum atomic E-state index is -3.67. The van der Waals surface area contributed by atoms with Crippen LogP contribution in [0.4, 0.5) is 13.2 Å². The first-order valence-corrected chi connectivity index (χ1v) is 15.8. The van der Waals surface area contributed by atoms with Crippen molar-refractivity contribution in [2.45, 2.75) is 70.8 Å². The Morgan fingerprint density at radius 3 is 2.39 bits per heavy atom. The van der Waals surface area contributed by atoms with Crippen LogP contribution in [0.1, 0.15) is 54.9 Å². The van der Waals surface area contributed by atoms with Gasteiger partial charge in [0.25, 0.3) is 0 Å². The van der Waals surface area contributed by atoms with E-state index in [0.717, 1.165) is 80.4 Å². The van der Waals surface area contributed by atoms with Crippen LogP contribution in [-0.2, 0) is 33.7 Å². The van der Waals surface area contributed by atoms with E-state index in [0.29, 0.717) is 12.5 Å². The number of carbonyl (C=O) groups excluding carboxylic acids is 1. The number of carboxylic acids is 1. The van der Waals surface area contributed by atoms with Crippen LogP contribution in [0.2, 0.25) is 0 Å². The number of benzene rings is 2. The molecule has 1 aliphatic heterocycles. The molecule has 1 amide bonds. The largest absolute Gasteiger partial charge is 0.480 e. The molecule has 0 radical (unpaired) electrons. The first-order chi connectivity index (χ1) is 21.9. The van der Waals surface area contributed by atoms with Gasteiger partial charge >= 0.3 is 12.6 Å². The number of morpholine rings is 1. The monoisotopic (exact) mass is 642 g/mol. The van der Waals surface area contributed by atoms with Crippen molar-refractivity contribution < 1.29 is 32.6 Å². The molecule has 0 bridgehead atoms. The van der Waals surface area contributed by atoms with Crippen molar-refractivity contribution >= 4 is 22.6 Å². The molecule has 11 heteroatoms. The second-order valence-electron chi connectivity index (χ2n) is 12.8. The van der Waals surface area contributed by atoms with Crippen LogP contribution in [0, 0.1) is 5.41 Å². The molecule has 0 spiro atoms. The van der Waals surface area contributed by atoms with Crippen LogP contribution in [0.25, 0.3) is 10.8 Å². The molecule has 1 saturated heterocycles. The zero-order valence-electron chi connectivity index (χ0n) is 26.9. The number of aliphatic carboxylic acids is 1. The average molecular weight is 643 g/mol. The van der Waals surface area contributed by atoms with Gasteiger partial charge in [-0.1, -0.05) is 37.3 Å². The summed E-state index contributed by atoms with van der Waals surface area (Å²) in [6.45, 7) is 2.60. The van der Waals surface area contributed by atoms with Gasteiger partial charge in [0.1, 0.15) is 6.04 Å². The fourth-order valence-electron chi connectivity index (χ4n) is 6.57. The van der Waals surface area contributed by atoms with E-state index in [1.54, 1.807) is 0 Å². The molecule has 1 aromatic heterocycles. The SMILES string of the molecule is CN(C)Cc1cc(Cc2cccc(CC(NC(=O)C3(C)CCC(N4CCOCC4)CC3)C(=O)O)c2)c2cnccc2c1.FC(F)F. The number of aromatic nitrogens is 1. The third kappa shape index (κ3) is 9.98. The van der Waals surface area contributed by atoms with Crippen LogP contribution in [0.3, 0.4) is 0 Å². The maximum Gasteiger partial charge on any atom is 0.379 e. The summed E-state index contributed by atoms with van der Waals surface area (Å²) in [5.41, 5.74) is 3.88. The van der Waals surface area contributed by atoms with Crippen LogP contribution in [0.15, 0.2) is 54.9 Å². The van der Waals surface area contributed by atoms with Gasteiger partial charge in [0.2, 0.25) is 5.91 Å². The number of pyridine rings is 1. The van der Waals surface area contributed by atoms with Gasteiger partial charge in [0.05, 0.1) is 13.2 Å². The summed E-state index contributed by atoms with van der Waals surface area (Å²) in [7, 11) is 4.13. The van der Waals surface area contributed by atoms with Crippen molar-refractivity contribution in [2.24, 2.45) is 5.41 Å². The van der Waals surface area contributed by atoms with Crippen LogP contribution in [-0.4, -0.2) is 90.9 Å². The fraction of sp³-hybridized carbons (Fsp3) is 0.514. The minimum absolute atomic E-state index is 0.150. The zero-order chi connectivity index (χ0) is 33.3. The second kappa shape index (κ2) is 16.3. The molecule has 1 unspecified atom stereocenters. The predicted octanol–water partition coefficient (Wildman–Crippen LogP) is 5.46. The summed E-state index contributed by atoms with van der Waals surface area (Å²) < 4.78 is 34.5. The number of alkyl halides is 3. The highest BCUT2D eigenvalue weighted by molar-refractivity contribution is 5.87. The highest BCUT2D eigenvalue weighted by atomic mass is 19.4. The molecule has 46 heavy (non-hydrogen) atoms. The van der Waals surface area contributed by atoms with Crippen LogP contribution < -0.4 is 5.32 Å². The van der Waals surface area contributed by atoms with E-state index in [1.165, 1.54) is 11.1 Å². The molecule has 1 aliphatic carbocycles. The maximum atomic E-state index is 13.4. The molecule has 8 nitrogen and oxygen atoms in total. The normalized spacial score (nSPS) is 21.1. The van der Waals surface area contributed by atoms with Crippen LogP contribution in [0.5, 0.6) is 0 Å². The molecular weight excluding hydrogens is 597 g/mol. The molecule has 2 aliphatic rings. The van der Waals surface area contributed by atoms with Gasteiger partial charge in [-0.05, 0) is 86.0 Å². The molecule has 2 aromatic carbocycles. The summed E-state index contributed by atoms with van der Waals surface area (Å²) in [5, 5.41) is 15.2. The number of nitrogens with one attached hydrogen (secondary N) is 1. The third-order valence-electron chi connectivity index (χ3n) is 9.00. The molecule has 5 rings (SSSR count). The number of rotatable bonds is 10. The van der Waals surface area contributed by atoms with Crippen molar-refractivity contribution in [1.29, 1.82) is 0 Å². The minimum Gasteiger partial charge on any atom is -0.480 e. The number of nitrogens with zero attached hydrogens (tertiary/aromatic N) is 3. The van der Waals surface area contributed by atoms with E-state index in [1.807, 2.05) is 37.5 Å². The van der Waals surface area contributed by atoms with Gasteiger partial charge in [0, 0.05) is 55.3 Å². The molecule has 2 N–H and O–H groups in total. The number of ether oxygens (including phenoxy) is 1. The van der Waals surface area contributed by atoms with E-state index < -0.39 is 24.1 Å². The Labute approximate surface area is 268 Å². The van der Waals surface area contributed by atoms with E-state index in [4.69, 9.17) is 4.74 Å². The van der Waals surface area contributed by atoms with Crippen molar-refractivity contribution in [3.05, 3.63) is 77.1 Å². The Morgan fingerprint density at radius 2 is 1.74 bits per heavy atom. The Hall–Kier alpha value is -3.54. The van der Waals surface area contributed by atoms with Crippen molar-refractivity contribution in [2.75, 3.05) is 40.4 Å². The lowest BCUT2D eigenvalue weighted by molar-refractivity contribution is -0.144. The average Bonchev–Trinajstić information content (AvgIpc) is 3.01. The van der Waals surface area contributed by atoms with Gasteiger partial charge in [-0.3, -0.25) is 14.7 Å². The number of hydrogen-bond donors (Lipinski definition) is 2. The third-order valence-corrected chi connectivity index (χ3v) is 9.00. The number of hydrogen-bond acceptors (Lipinski definition) is 6. The molecule has 2 fully saturated rings. The maximum absolute atomic E-state index is 13.4. The summed E-state index contributed by atoms with van der Waals surface area (Å²) >= 11 is 0. The highest BCUT2D eigenvalue weighted by Crippen LogP contribution is 2.38. The standard InChI is InChI=1S/C34H44N4O4.CHF3/c1-34(10-7-29(8-11-34)38-13-15-42-16-14-38)33(41)36-31(32(39)40)21-25-6-4-5-24(17-25)18-28-20-26(23-37(2)3)19-27-9-12-35-22-30(27)28;2-1(3)4/h4-6,9,12,17,19-20,22,29,31H,7-8,10-11,13-16,18,21,23H2,1-3H3,(H,36,41)(H,39,40);1H. The lowest BCUT2D eigenvalue weighted by Crippen LogP contribution is -2.52. The lowest BCUT2D eigenvalue weighted by atomic mass is 9.72. The van der Waals surface area contributed by atoms with Crippen LogP contribution >= 0.6 is 0 Å². The van der Waals surface area contributed by atoms with E-state index >= 15 is 0 Å². The van der Waals surface area contributed by atoms with Crippen molar-refractivity contribution in [3.63, 3.8) is 0 Å². The van der Waals surface area contributed by atoms with Gasteiger partial charge < -0.3 is 20.1 Å². The van der Waals surface area contributed by atoms with E-state index in [-0.39, 0.29) is 12.3 Å². The number of halogens is 3. The number of fused-ring (bicyclic) bond motifs is 1.